The Morgan fingerprint density at radius 1 is 1.35 bits per heavy atom. The summed E-state index contributed by atoms with van der Waals surface area (Å²) in [7, 11) is 0. The van der Waals surface area contributed by atoms with Crippen LogP contribution in [-0.4, -0.2) is 35.8 Å². The molecule has 4 nitrogen and oxygen atoms in total. The molecular formula is C12H16ClN3O. The predicted octanol–water partition coefficient (Wildman–Crippen LogP) is 2.14. The van der Waals surface area contributed by atoms with E-state index in [9.17, 15) is 0 Å². The minimum Gasteiger partial charge on any atom is -0.379 e. The number of rotatable bonds is 1. The van der Waals surface area contributed by atoms with E-state index in [1.54, 1.807) is 0 Å². The standard InChI is InChI=1S/C12H16ClN3O/c13-11-6-12(15-8-14-11)16-4-5-17-7-9-2-1-3-10(9)16/h6,8-10H,1-5,7H2/t9-,10+/m1/s1. The van der Waals surface area contributed by atoms with E-state index in [0.29, 0.717) is 17.1 Å². The fourth-order valence-electron chi connectivity index (χ4n) is 2.95. The van der Waals surface area contributed by atoms with E-state index in [1.165, 1.54) is 25.6 Å². The van der Waals surface area contributed by atoms with Crippen LogP contribution in [0.5, 0.6) is 0 Å². The van der Waals surface area contributed by atoms with Gasteiger partial charge in [-0.15, -0.1) is 0 Å². The summed E-state index contributed by atoms with van der Waals surface area (Å²) in [6.45, 7) is 2.56. The van der Waals surface area contributed by atoms with E-state index in [4.69, 9.17) is 16.3 Å². The molecule has 0 unspecified atom stereocenters. The van der Waals surface area contributed by atoms with Crippen molar-refractivity contribution >= 4 is 17.4 Å². The second-order valence-electron chi connectivity index (χ2n) is 4.73. The molecule has 92 valence electrons. The maximum Gasteiger partial charge on any atom is 0.134 e. The normalized spacial score (nSPS) is 28.9. The minimum absolute atomic E-state index is 0.509. The highest BCUT2D eigenvalue weighted by molar-refractivity contribution is 6.29. The fraction of sp³-hybridized carbons (Fsp3) is 0.667. The molecule has 0 radical (unpaired) electrons. The number of aromatic nitrogens is 2. The van der Waals surface area contributed by atoms with Gasteiger partial charge in [-0.2, -0.15) is 0 Å². The van der Waals surface area contributed by atoms with Crippen LogP contribution in [0.4, 0.5) is 5.82 Å². The van der Waals surface area contributed by atoms with Crippen LogP contribution in [0.1, 0.15) is 19.3 Å². The summed E-state index contributed by atoms with van der Waals surface area (Å²) in [5.41, 5.74) is 0. The Balaban J connectivity index is 1.89. The van der Waals surface area contributed by atoms with Gasteiger partial charge in [0.05, 0.1) is 13.2 Å². The van der Waals surface area contributed by atoms with Crippen LogP contribution in [0.2, 0.25) is 5.15 Å². The van der Waals surface area contributed by atoms with Crippen molar-refractivity contribution in [1.29, 1.82) is 0 Å². The van der Waals surface area contributed by atoms with Crippen LogP contribution in [0, 0.1) is 5.92 Å². The Hall–Kier alpha value is -0.870. The van der Waals surface area contributed by atoms with Gasteiger partial charge < -0.3 is 9.64 Å². The van der Waals surface area contributed by atoms with E-state index in [1.807, 2.05) is 6.07 Å². The lowest BCUT2D eigenvalue weighted by Gasteiger charge is -2.30. The first-order chi connectivity index (χ1) is 8.34. The van der Waals surface area contributed by atoms with Crippen molar-refractivity contribution in [3.8, 4) is 0 Å². The monoisotopic (exact) mass is 253 g/mol. The van der Waals surface area contributed by atoms with Gasteiger partial charge in [-0.3, -0.25) is 0 Å². The van der Waals surface area contributed by atoms with Crippen molar-refractivity contribution in [3.05, 3.63) is 17.5 Å². The third-order valence-electron chi connectivity index (χ3n) is 3.74. The Labute approximate surface area is 106 Å². The number of ether oxygens (including phenoxy) is 1. The Bertz CT molecular complexity index is 401. The fourth-order valence-corrected chi connectivity index (χ4v) is 3.09. The largest absolute Gasteiger partial charge is 0.379 e. The summed E-state index contributed by atoms with van der Waals surface area (Å²) in [6, 6.07) is 2.41. The average molecular weight is 254 g/mol. The van der Waals surface area contributed by atoms with Gasteiger partial charge >= 0.3 is 0 Å². The van der Waals surface area contributed by atoms with Crippen LogP contribution in [0.3, 0.4) is 0 Å². The molecule has 1 saturated heterocycles. The summed E-state index contributed by atoms with van der Waals surface area (Å²) < 4.78 is 5.67. The highest BCUT2D eigenvalue weighted by Gasteiger charge is 2.34. The van der Waals surface area contributed by atoms with Crippen molar-refractivity contribution in [2.75, 3.05) is 24.7 Å². The van der Waals surface area contributed by atoms with Crippen LogP contribution < -0.4 is 4.90 Å². The van der Waals surface area contributed by atoms with E-state index in [2.05, 4.69) is 14.9 Å². The van der Waals surface area contributed by atoms with Gasteiger partial charge in [0, 0.05) is 24.6 Å². The molecule has 1 aliphatic carbocycles. The van der Waals surface area contributed by atoms with Crippen LogP contribution in [-0.2, 0) is 4.74 Å². The SMILES string of the molecule is Clc1cc(N2CCOC[C@H]3CCC[C@@H]32)ncn1. The summed E-state index contributed by atoms with van der Waals surface area (Å²) in [6.07, 6.45) is 5.32. The number of fused-ring (bicyclic) bond motifs is 1. The molecule has 0 N–H and O–H groups in total. The first-order valence-corrected chi connectivity index (χ1v) is 6.54. The predicted molar refractivity (Wildman–Crippen MR) is 66.3 cm³/mol. The Morgan fingerprint density at radius 2 is 2.29 bits per heavy atom. The second-order valence-corrected chi connectivity index (χ2v) is 5.11. The lowest BCUT2D eigenvalue weighted by molar-refractivity contribution is 0.121. The number of hydrogen-bond acceptors (Lipinski definition) is 4. The third kappa shape index (κ3) is 2.24. The molecule has 0 amide bonds. The van der Waals surface area contributed by atoms with Crippen molar-refractivity contribution in [2.24, 2.45) is 5.92 Å². The molecule has 2 heterocycles. The van der Waals surface area contributed by atoms with E-state index in [0.717, 1.165) is 25.6 Å². The van der Waals surface area contributed by atoms with Crippen molar-refractivity contribution < 1.29 is 4.74 Å². The molecule has 2 atom stereocenters. The van der Waals surface area contributed by atoms with Crippen LogP contribution in [0.15, 0.2) is 12.4 Å². The lowest BCUT2D eigenvalue weighted by Crippen LogP contribution is -2.38. The molecule has 1 aliphatic heterocycles. The number of anilines is 1. The summed E-state index contributed by atoms with van der Waals surface area (Å²) in [4.78, 5) is 10.6. The van der Waals surface area contributed by atoms with Gasteiger partial charge in [-0.05, 0) is 12.8 Å². The zero-order valence-corrected chi connectivity index (χ0v) is 10.4. The molecular weight excluding hydrogens is 238 g/mol. The van der Waals surface area contributed by atoms with Gasteiger partial charge in [0.1, 0.15) is 17.3 Å². The maximum atomic E-state index is 5.94. The van der Waals surface area contributed by atoms with E-state index >= 15 is 0 Å². The molecule has 1 aromatic rings. The van der Waals surface area contributed by atoms with Crippen molar-refractivity contribution in [1.82, 2.24) is 9.97 Å². The molecule has 0 aromatic carbocycles. The van der Waals surface area contributed by atoms with E-state index < -0.39 is 0 Å². The van der Waals surface area contributed by atoms with Gasteiger partial charge in [0.15, 0.2) is 0 Å². The minimum atomic E-state index is 0.509. The van der Waals surface area contributed by atoms with Crippen LogP contribution >= 0.6 is 11.6 Å². The molecule has 17 heavy (non-hydrogen) atoms. The summed E-state index contributed by atoms with van der Waals surface area (Å²) in [5, 5.41) is 0.509. The lowest BCUT2D eigenvalue weighted by atomic mass is 10.0. The van der Waals surface area contributed by atoms with Crippen molar-refractivity contribution in [3.63, 3.8) is 0 Å². The zero-order valence-electron chi connectivity index (χ0n) is 9.68. The highest BCUT2D eigenvalue weighted by atomic mass is 35.5. The number of halogens is 1. The summed E-state index contributed by atoms with van der Waals surface area (Å²) >= 11 is 5.94. The first-order valence-electron chi connectivity index (χ1n) is 6.16. The second kappa shape index (κ2) is 4.78. The van der Waals surface area contributed by atoms with Gasteiger partial charge in [-0.1, -0.05) is 18.0 Å². The first kappa shape index (κ1) is 11.2. The average Bonchev–Trinajstić information content (AvgIpc) is 2.69. The topological polar surface area (TPSA) is 38.2 Å². The van der Waals surface area contributed by atoms with Crippen molar-refractivity contribution in [2.45, 2.75) is 25.3 Å². The molecule has 5 heteroatoms. The molecule has 3 rings (SSSR count). The Kier molecular flexibility index (Phi) is 3.16. The Morgan fingerprint density at radius 3 is 3.18 bits per heavy atom. The molecule has 2 fully saturated rings. The maximum absolute atomic E-state index is 5.94. The molecule has 1 saturated carbocycles. The molecule has 0 bridgehead atoms. The molecule has 2 aliphatic rings. The highest BCUT2D eigenvalue weighted by Crippen LogP contribution is 2.34. The molecule has 1 aromatic heterocycles. The number of hydrogen-bond donors (Lipinski definition) is 0. The van der Waals surface area contributed by atoms with Gasteiger partial charge in [0.25, 0.3) is 0 Å². The van der Waals surface area contributed by atoms with E-state index in [-0.39, 0.29) is 0 Å². The van der Waals surface area contributed by atoms with Gasteiger partial charge in [-0.25, -0.2) is 9.97 Å². The molecule has 0 spiro atoms. The smallest absolute Gasteiger partial charge is 0.134 e. The zero-order chi connectivity index (χ0) is 11.7. The quantitative estimate of drug-likeness (QED) is 0.719. The van der Waals surface area contributed by atoms with Crippen LogP contribution in [0.25, 0.3) is 0 Å². The number of nitrogens with zero attached hydrogens (tertiary/aromatic N) is 3. The third-order valence-corrected chi connectivity index (χ3v) is 3.95. The van der Waals surface area contributed by atoms with Gasteiger partial charge in [0.2, 0.25) is 0 Å². The summed E-state index contributed by atoms with van der Waals surface area (Å²) in [5.74, 6) is 1.58.